The van der Waals surface area contributed by atoms with Gasteiger partial charge in [-0.15, -0.1) is 0 Å². The van der Waals surface area contributed by atoms with E-state index in [1.807, 2.05) is 54.6 Å². The van der Waals surface area contributed by atoms with Gasteiger partial charge in [0.2, 0.25) is 5.75 Å². The van der Waals surface area contributed by atoms with E-state index in [4.69, 9.17) is 18.9 Å². The van der Waals surface area contributed by atoms with Crippen LogP contribution in [0, 0.1) is 0 Å². The first-order chi connectivity index (χ1) is 16.5. The monoisotopic (exact) mass is 523 g/mol. The molecular weight excluding hydrogens is 498 g/mol. The Hall–Kier alpha value is -3.71. The van der Waals surface area contributed by atoms with E-state index < -0.39 is 0 Å². The van der Waals surface area contributed by atoms with Crippen molar-refractivity contribution >= 4 is 39.6 Å². The van der Waals surface area contributed by atoms with Crippen LogP contribution in [0.1, 0.15) is 21.5 Å². The van der Waals surface area contributed by atoms with Crippen LogP contribution in [0.4, 0.5) is 5.69 Å². The summed E-state index contributed by atoms with van der Waals surface area (Å²) >= 11 is 3.56. The fourth-order valence-corrected chi connectivity index (χ4v) is 3.96. The van der Waals surface area contributed by atoms with Crippen molar-refractivity contribution in [3.8, 4) is 23.0 Å². The number of halogens is 1. The number of ketones is 1. The average Bonchev–Trinajstić information content (AvgIpc) is 2.87. The van der Waals surface area contributed by atoms with Gasteiger partial charge in [-0.3, -0.25) is 4.79 Å². The third-order valence-electron chi connectivity index (χ3n) is 4.96. The molecule has 6 nitrogen and oxygen atoms in total. The maximum Gasteiger partial charge on any atom is 0.203 e. The number of benzene rings is 3. The predicted octanol–water partition coefficient (Wildman–Crippen LogP) is 6.46. The Kier molecular flexibility index (Phi) is 8.76. The highest BCUT2D eigenvalue weighted by molar-refractivity contribution is 9.10. The quantitative estimate of drug-likeness (QED) is 0.187. The van der Waals surface area contributed by atoms with Crippen LogP contribution in [0.15, 0.2) is 71.3 Å². The van der Waals surface area contributed by atoms with E-state index in [9.17, 15) is 4.79 Å². The molecule has 0 aliphatic heterocycles. The third kappa shape index (κ3) is 5.99. The molecule has 176 valence electrons. The summed E-state index contributed by atoms with van der Waals surface area (Å²) in [6.45, 7) is 0. The highest BCUT2D eigenvalue weighted by atomic mass is 79.9. The van der Waals surface area contributed by atoms with Crippen molar-refractivity contribution in [2.45, 2.75) is 0 Å². The summed E-state index contributed by atoms with van der Waals surface area (Å²) in [6, 6.07) is 16.7. The zero-order chi connectivity index (χ0) is 24.5. The summed E-state index contributed by atoms with van der Waals surface area (Å²) < 4.78 is 22.5. The van der Waals surface area contributed by atoms with E-state index in [0.717, 1.165) is 15.6 Å². The first-order valence-electron chi connectivity index (χ1n) is 10.4. The lowest BCUT2D eigenvalue weighted by Crippen LogP contribution is -1.98. The lowest BCUT2D eigenvalue weighted by molar-refractivity contribution is 0.104. The minimum Gasteiger partial charge on any atom is -0.493 e. The van der Waals surface area contributed by atoms with E-state index in [1.54, 1.807) is 46.8 Å². The summed E-state index contributed by atoms with van der Waals surface area (Å²) in [7, 11) is 6.33. The molecule has 0 amide bonds. The molecular formula is C27H26BrNO5. The molecule has 0 bridgehead atoms. The normalized spacial score (nSPS) is 11.0. The molecule has 7 heteroatoms. The number of allylic oxidation sites excluding steroid dienone is 1. The standard InChI is InChI=1S/C27H26BrNO5/c1-31-24-16-19(17-25(32-2)27(24)34-4)11-10-18-14-21(28)26(33-3)22(15-18)29-13-12-23(30)20-8-6-5-7-9-20/h5-17,29H,1-4H3/b11-10-,13-12-. The van der Waals surface area contributed by atoms with E-state index >= 15 is 0 Å². The van der Waals surface area contributed by atoms with E-state index in [-0.39, 0.29) is 5.78 Å². The summed E-state index contributed by atoms with van der Waals surface area (Å²) in [5.74, 6) is 2.23. The van der Waals surface area contributed by atoms with Gasteiger partial charge in [-0.05, 0) is 51.3 Å². The zero-order valence-electron chi connectivity index (χ0n) is 19.4. The molecule has 0 spiro atoms. The Morgan fingerprint density at radius 1 is 0.794 bits per heavy atom. The zero-order valence-corrected chi connectivity index (χ0v) is 21.0. The molecule has 0 fully saturated rings. The number of hydrogen-bond acceptors (Lipinski definition) is 6. The van der Waals surface area contributed by atoms with Gasteiger partial charge < -0.3 is 24.3 Å². The molecule has 0 heterocycles. The van der Waals surface area contributed by atoms with E-state index in [1.165, 1.54) is 6.08 Å². The Morgan fingerprint density at radius 2 is 1.38 bits per heavy atom. The van der Waals surface area contributed by atoms with Crippen molar-refractivity contribution in [3.05, 3.63) is 88.0 Å². The Labute approximate surface area is 207 Å². The van der Waals surface area contributed by atoms with Crippen molar-refractivity contribution in [1.29, 1.82) is 0 Å². The SMILES string of the molecule is COc1cc(/C=C\c2cc(Br)c(OC)c(N/C=C\C(=O)c3ccccc3)c2)cc(OC)c1OC. The molecule has 0 radical (unpaired) electrons. The van der Waals surface area contributed by atoms with Crippen LogP contribution in [0.2, 0.25) is 0 Å². The highest BCUT2D eigenvalue weighted by Crippen LogP contribution is 2.39. The van der Waals surface area contributed by atoms with Gasteiger partial charge in [-0.25, -0.2) is 0 Å². The first kappa shape index (κ1) is 24.9. The molecule has 1 N–H and O–H groups in total. The summed E-state index contributed by atoms with van der Waals surface area (Å²) in [4.78, 5) is 12.3. The second kappa shape index (κ2) is 12.0. The Morgan fingerprint density at radius 3 is 1.94 bits per heavy atom. The fraction of sp³-hybridized carbons (Fsp3) is 0.148. The van der Waals surface area contributed by atoms with Crippen LogP contribution in [0.3, 0.4) is 0 Å². The molecule has 0 saturated carbocycles. The second-order valence-corrected chi connectivity index (χ2v) is 7.94. The molecule has 0 aliphatic carbocycles. The van der Waals surface area contributed by atoms with Crippen molar-refractivity contribution in [1.82, 2.24) is 0 Å². The average molecular weight is 524 g/mol. The maximum atomic E-state index is 12.3. The minimum absolute atomic E-state index is 0.0930. The molecule has 0 unspecified atom stereocenters. The molecule has 0 aromatic heterocycles. The first-order valence-corrected chi connectivity index (χ1v) is 11.2. The van der Waals surface area contributed by atoms with Gasteiger partial charge in [0.15, 0.2) is 23.0 Å². The molecule has 0 aliphatic rings. The number of nitrogens with one attached hydrogen (secondary N) is 1. The summed E-state index contributed by atoms with van der Waals surface area (Å²) in [6.07, 6.45) is 6.99. The van der Waals surface area contributed by atoms with Crippen molar-refractivity contribution in [3.63, 3.8) is 0 Å². The van der Waals surface area contributed by atoms with Crippen LogP contribution < -0.4 is 24.3 Å². The number of rotatable bonds is 10. The van der Waals surface area contributed by atoms with E-state index in [2.05, 4.69) is 21.2 Å². The van der Waals surface area contributed by atoms with Crippen LogP contribution >= 0.6 is 15.9 Å². The number of anilines is 1. The largest absolute Gasteiger partial charge is 0.493 e. The van der Waals surface area contributed by atoms with Gasteiger partial charge in [-0.2, -0.15) is 0 Å². The summed E-state index contributed by atoms with van der Waals surface area (Å²) in [5, 5.41) is 3.15. The maximum absolute atomic E-state index is 12.3. The molecule has 0 atom stereocenters. The summed E-state index contributed by atoms with van der Waals surface area (Å²) in [5.41, 5.74) is 3.12. The van der Waals surface area contributed by atoms with E-state index in [0.29, 0.717) is 34.2 Å². The van der Waals surface area contributed by atoms with Crippen molar-refractivity contribution in [2.24, 2.45) is 0 Å². The molecule has 3 aromatic rings. The number of ether oxygens (including phenoxy) is 4. The Bertz CT molecular complexity index is 1180. The lowest BCUT2D eigenvalue weighted by atomic mass is 10.1. The van der Waals surface area contributed by atoms with Crippen LogP contribution in [-0.4, -0.2) is 34.2 Å². The van der Waals surface area contributed by atoms with Crippen molar-refractivity contribution < 1.29 is 23.7 Å². The number of hydrogen-bond donors (Lipinski definition) is 1. The highest BCUT2D eigenvalue weighted by Gasteiger charge is 2.12. The van der Waals surface area contributed by atoms with Crippen LogP contribution in [0.25, 0.3) is 12.2 Å². The number of methoxy groups -OCH3 is 4. The van der Waals surface area contributed by atoms with Gasteiger partial charge >= 0.3 is 0 Å². The van der Waals surface area contributed by atoms with Gasteiger partial charge in [0, 0.05) is 17.8 Å². The molecule has 34 heavy (non-hydrogen) atoms. The topological polar surface area (TPSA) is 66.0 Å². The van der Waals surface area contributed by atoms with Crippen LogP contribution in [0.5, 0.6) is 23.0 Å². The smallest absolute Gasteiger partial charge is 0.203 e. The number of carbonyl (C=O) groups excluding carboxylic acids is 1. The van der Waals surface area contributed by atoms with Gasteiger partial charge in [0.1, 0.15) is 0 Å². The molecule has 3 rings (SSSR count). The van der Waals surface area contributed by atoms with Gasteiger partial charge in [0.05, 0.1) is 38.6 Å². The predicted molar refractivity (Wildman–Crippen MR) is 139 cm³/mol. The van der Waals surface area contributed by atoms with Gasteiger partial charge in [0.25, 0.3) is 0 Å². The molecule has 0 saturated heterocycles. The minimum atomic E-state index is -0.0930. The molecule has 3 aromatic carbocycles. The fourth-order valence-electron chi connectivity index (χ4n) is 3.32. The van der Waals surface area contributed by atoms with Crippen LogP contribution in [-0.2, 0) is 0 Å². The van der Waals surface area contributed by atoms with Gasteiger partial charge in [-0.1, -0.05) is 42.5 Å². The number of carbonyl (C=O) groups is 1. The van der Waals surface area contributed by atoms with Crippen molar-refractivity contribution in [2.75, 3.05) is 33.8 Å². The lowest BCUT2D eigenvalue weighted by Gasteiger charge is -2.13. The third-order valence-corrected chi connectivity index (χ3v) is 5.55. The Balaban J connectivity index is 1.86. The second-order valence-electron chi connectivity index (χ2n) is 7.08.